The third-order valence-electron chi connectivity index (χ3n) is 2.50. The molecule has 2 rings (SSSR count). The van der Waals surface area contributed by atoms with E-state index in [0.717, 1.165) is 5.92 Å². The lowest BCUT2D eigenvalue weighted by Crippen LogP contribution is -2.20. The van der Waals surface area contributed by atoms with Crippen LogP contribution in [0.2, 0.25) is 0 Å². The van der Waals surface area contributed by atoms with Gasteiger partial charge >= 0.3 is 6.01 Å². The lowest BCUT2D eigenvalue weighted by Gasteiger charge is -2.12. The summed E-state index contributed by atoms with van der Waals surface area (Å²) in [6, 6.07) is 0.615. The van der Waals surface area contributed by atoms with Crippen molar-refractivity contribution in [2.75, 3.05) is 18.2 Å². The standard InChI is InChI=1S/C9H15N5O/c1-5(6-3-4-6)11-8-12-7(10)13-9(14-8)15-2/h5-6H,3-4H2,1-2H3,(H3,10,11,12,13,14). The number of aromatic nitrogens is 3. The quantitative estimate of drug-likeness (QED) is 0.758. The molecule has 0 radical (unpaired) electrons. The molecule has 0 aromatic carbocycles. The Hall–Kier alpha value is -1.59. The number of ether oxygens (including phenoxy) is 1. The van der Waals surface area contributed by atoms with Crippen molar-refractivity contribution in [3.05, 3.63) is 0 Å². The Morgan fingerprint density at radius 3 is 2.73 bits per heavy atom. The molecule has 0 bridgehead atoms. The number of anilines is 2. The highest BCUT2D eigenvalue weighted by atomic mass is 16.5. The number of nitrogen functional groups attached to an aromatic ring is 1. The monoisotopic (exact) mass is 209 g/mol. The first-order valence-electron chi connectivity index (χ1n) is 5.01. The van der Waals surface area contributed by atoms with Gasteiger partial charge in [-0.15, -0.1) is 0 Å². The SMILES string of the molecule is COc1nc(N)nc(NC(C)C2CC2)n1. The van der Waals surface area contributed by atoms with Gasteiger partial charge in [0.15, 0.2) is 0 Å². The number of rotatable bonds is 4. The molecule has 3 N–H and O–H groups in total. The molecule has 0 saturated heterocycles. The average molecular weight is 209 g/mol. The highest BCUT2D eigenvalue weighted by molar-refractivity contribution is 5.33. The van der Waals surface area contributed by atoms with Gasteiger partial charge in [0.05, 0.1) is 7.11 Å². The van der Waals surface area contributed by atoms with Crippen molar-refractivity contribution >= 4 is 11.9 Å². The summed E-state index contributed by atoms with van der Waals surface area (Å²) in [5.74, 6) is 1.39. The van der Waals surface area contributed by atoms with Gasteiger partial charge in [0, 0.05) is 6.04 Å². The maximum Gasteiger partial charge on any atom is 0.322 e. The summed E-state index contributed by atoms with van der Waals surface area (Å²) in [7, 11) is 1.50. The van der Waals surface area contributed by atoms with Gasteiger partial charge in [-0.2, -0.15) is 15.0 Å². The molecule has 0 aliphatic heterocycles. The van der Waals surface area contributed by atoms with Crippen molar-refractivity contribution in [2.45, 2.75) is 25.8 Å². The third kappa shape index (κ3) is 2.45. The second-order valence-corrected chi connectivity index (χ2v) is 3.77. The molecule has 6 heteroatoms. The summed E-state index contributed by atoms with van der Waals surface area (Å²) in [6.07, 6.45) is 2.54. The molecule has 1 aromatic heterocycles. The minimum Gasteiger partial charge on any atom is -0.467 e. The molecule has 82 valence electrons. The molecular formula is C9H15N5O. The molecule has 1 atom stereocenters. The average Bonchev–Trinajstić information content (AvgIpc) is 2.99. The van der Waals surface area contributed by atoms with Gasteiger partial charge in [0.1, 0.15) is 0 Å². The zero-order valence-corrected chi connectivity index (χ0v) is 8.90. The fraction of sp³-hybridized carbons (Fsp3) is 0.667. The largest absolute Gasteiger partial charge is 0.467 e. The second-order valence-electron chi connectivity index (χ2n) is 3.77. The smallest absolute Gasteiger partial charge is 0.322 e. The molecule has 1 heterocycles. The minimum absolute atomic E-state index is 0.173. The molecular weight excluding hydrogens is 194 g/mol. The highest BCUT2D eigenvalue weighted by Gasteiger charge is 2.28. The summed E-state index contributed by atoms with van der Waals surface area (Å²) in [5, 5.41) is 3.20. The number of hydrogen-bond donors (Lipinski definition) is 2. The van der Waals surface area contributed by atoms with Crippen LogP contribution in [0.15, 0.2) is 0 Å². The summed E-state index contributed by atoms with van der Waals surface area (Å²) in [5.41, 5.74) is 5.52. The van der Waals surface area contributed by atoms with E-state index in [0.29, 0.717) is 12.0 Å². The first-order valence-corrected chi connectivity index (χ1v) is 5.01. The van der Waals surface area contributed by atoms with E-state index in [1.54, 1.807) is 0 Å². The van der Waals surface area contributed by atoms with Crippen molar-refractivity contribution < 1.29 is 4.74 Å². The van der Waals surface area contributed by atoms with Crippen molar-refractivity contribution in [3.63, 3.8) is 0 Å². The first kappa shape index (κ1) is 9.95. The fourth-order valence-corrected chi connectivity index (χ4v) is 1.45. The van der Waals surface area contributed by atoms with Crippen molar-refractivity contribution in [1.29, 1.82) is 0 Å². The lowest BCUT2D eigenvalue weighted by molar-refractivity contribution is 0.379. The third-order valence-corrected chi connectivity index (χ3v) is 2.50. The summed E-state index contributed by atoms with van der Waals surface area (Å²) in [4.78, 5) is 11.9. The van der Waals surface area contributed by atoms with Crippen LogP contribution in [-0.4, -0.2) is 28.1 Å². The van der Waals surface area contributed by atoms with E-state index in [9.17, 15) is 0 Å². The zero-order valence-electron chi connectivity index (χ0n) is 8.90. The van der Waals surface area contributed by atoms with E-state index in [2.05, 4.69) is 27.2 Å². The van der Waals surface area contributed by atoms with E-state index >= 15 is 0 Å². The Labute approximate surface area is 88.3 Å². The van der Waals surface area contributed by atoms with Crippen molar-refractivity contribution in [3.8, 4) is 6.01 Å². The highest BCUT2D eigenvalue weighted by Crippen LogP contribution is 2.33. The van der Waals surface area contributed by atoms with Crippen LogP contribution in [0.25, 0.3) is 0 Å². The van der Waals surface area contributed by atoms with Crippen LogP contribution in [0, 0.1) is 5.92 Å². The van der Waals surface area contributed by atoms with Gasteiger partial charge in [-0.1, -0.05) is 0 Å². The minimum atomic E-state index is 0.173. The Balaban J connectivity index is 2.08. The van der Waals surface area contributed by atoms with Crippen LogP contribution >= 0.6 is 0 Å². The van der Waals surface area contributed by atoms with E-state index < -0.39 is 0 Å². The Kier molecular flexibility index (Phi) is 2.57. The molecule has 1 aromatic rings. The molecule has 1 fully saturated rings. The van der Waals surface area contributed by atoms with Crippen LogP contribution in [0.4, 0.5) is 11.9 Å². The number of hydrogen-bond acceptors (Lipinski definition) is 6. The number of nitrogens with zero attached hydrogens (tertiary/aromatic N) is 3. The van der Waals surface area contributed by atoms with Crippen LogP contribution in [0.3, 0.4) is 0 Å². The fourth-order valence-electron chi connectivity index (χ4n) is 1.45. The summed E-state index contributed by atoms with van der Waals surface area (Å²) >= 11 is 0. The van der Waals surface area contributed by atoms with Gasteiger partial charge in [-0.25, -0.2) is 0 Å². The van der Waals surface area contributed by atoms with E-state index in [1.807, 2.05) is 0 Å². The molecule has 1 aliphatic carbocycles. The second kappa shape index (κ2) is 3.88. The molecule has 15 heavy (non-hydrogen) atoms. The van der Waals surface area contributed by atoms with Gasteiger partial charge < -0.3 is 15.8 Å². The molecule has 6 nitrogen and oxygen atoms in total. The lowest BCUT2D eigenvalue weighted by atomic mass is 10.2. The van der Waals surface area contributed by atoms with E-state index in [4.69, 9.17) is 10.5 Å². The van der Waals surface area contributed by atoms with Crippen molar-refractivity contribution in [2.24, 2.45) is 5.92 Å². The Morgan fingerprint density at radius 1 is 1.40 bits per heavy atom. The van der Waals surface area contributed by atoms with Gasteiger partial charge in [0.25, 0.3) is 0 Å². The van der Waals surface area contributed by atoms with Crippen LogP contribution in [0.1, 0.15) is 19.8 Å². The molecule has 0 amide bonds. The van der Waals surface area contributed by atoms with Crippen molar-refractivity contribution in [1.82, 2.24) is 15.0 Å². The molecule has 0 spiro atoms. The topological polar surface area (TPSA) is 86.0 Å². The first-order chi connectivity index (χ1) is 7.19. The van der Waals surface area contributed by atoms with E-state index in [-0.39, 0.29) is 12.0 Å². The normalized spacial score (nSPS) is 17.2. The maximum absolute atomic E-state index is 5.52. The molecule has 1 aliphatic rings. The molecule has 1 unspecified atom stereocenters. The zero-order chi connectivity index (χ0) is 10.8. The van der Waals surface area contributed by atoms with Gasteiger partial charge in [-0.05, 0) is 25.7 Å². The predicted octanol–water partition coefficient (Wildman–Crippen LogP) is 0.673. The Morgan fingerprint density at radius 2 is 2.13 bits per heavy atom. The molecule has 1 saturated carbocycles. The number of nitrogens with one attached hydrogen (secondary N) is 1. The van der Waals surface area contributed by atoms with Gasteiger partial charge in [-0.3, -0.25) is 0 Å². The summed E-state index contributed by atoms with van der Waals surface area (Å²) < 4.78 is 4.91. The summed E-state index contributed by atoms with van der Waals surface area (Å²) in [6.45, 7) is 2.12. The van der Waals surface area contributed by atoms with Crippen LogP contribution in [-0.2, 0) is 0 Å². The maximum atomic E-state index is 5.52. The van der Waals surface area contributed by atoms with E-state index in [1.165, 1.54) is 20.0 Å². The Bertz CT molecular complexity index is 352. The number of methoxy groups -OCH3 is 1. The van der Waals surface area contributed by atoms with Gasteiger partial charge in [0.2, 0.25) is 11.9 Å². The van der Waals surface area contributed by atoms with Crippen LogP contribution < -0.4 is 15.8 Å². The number of nitrogens with two attached hydrogens (primary N) is 1. The van der Waals surface area contributed by atoms with Crippen LogP contribution in [0.5, 0.6) is 6.01 Å². The predicted molar refractivity (Wildman–Crippen MR) is 56.6 cm³/mol.